The maximum atomic E-state index is 12.9. The maximum Gasteiger partial charge on any atom is 0.416 e. The van der Waals surface area contributed by atoms with Crippen LogP contribution in [0.5, 0.6) is 11.6 Å². The van der Waals surface area contributed by atoms with Crippen molar-refractivity contribution >= 4 is 11.8 Å². The van der Waals surface area contributed by atoms with Crippen LogP contribution in [0, 0.1) is 13.8 Å². The minimum absolute atomic E-state index is 0.333. The van der Waals surface area contributed by atoms with Gasteiger partial charge >= 0.3 is 6.18 Å². The lowest BCUT2D eigenvalue weighted by Crippen LogP contribution is -2.05. The topological polar surface area (TPSA) is 35.0 Å². The summed E-state index contributed by atoms with van der Waals surface area (Å²) in [5.74, 6) is 1.48. The molecule has 1 heterocycles. The Morgan fingerprint density at radius 1 is 1.00 bits per heavy atom. The van der Waals surface area contributed by atoms with E-state index in [-0.39, 0.29) is 0 Å². The molecule has 1 aromatic heterocycles. The van der Waals surface area contributed by atoms with Crippen LogP contribution in [0.3, 0.4) is 0 Å². The molecule has 0 radical (unpaired) electrons. The first kappa shape index (κ1) is 21.2. The second kappa shape index (κ2) is 8.86. The summed E-state index contributed by atoms with van der Waals surface area (Å²) >= 11 is 1.28. The predicted molar refractivity (Wildman–Crippen MR) is 108 cm³/mol. The van der Waals surface area contributed by atoms with Crippen molar-refractivity contribution in [2.75, 3.05) is 0 Å². The molecule has 0 atom stereocenters. The molecule has 3 rings (SSSR count). The Hall–Kier alpha value is -2.54. The number of aryl methyl sites for hydroxylation is 2. The second-order valence-electron chi connectivity index (χ2n) is 6.62. The van der Waals surface area contributed by atoms with Gasteiger partial charge in [-0.25, -0.2) is 4.98 Å². The third-order valence-electron chi connectivity index (χ3n) is 4.49. The van der Waals surface area contributed by atoms with Gasteiger partial charge in [0.05, 0.1) is 5.56 Å². The van der Waals surface area contributed by atoms with Crippen molar-refractivity contribution in [3.05, 3.63) is 76.5 Å². The van der Waals surface area contributed by atoms with Crippen molar-refractivity contribution in [2.24, 2.45) is 0 Å². The number of thioether (sulfide) groups is 1. The number of hydrogen-bond acceptors (Lipinski definition) is 4. The quantitative estimate of drug-likeness (QED) is 0.327. The summed E-state index contributed by atoms with van der Waals surface area (Å²) in [4.78, 5) is 8.91. The van der Waals surface area contributed by atoms with Crippen molar-refractivity contribution in [1.82, 2.24) is 9.97 Å². The molecular formula is C22H21F3N2OS. The Morgan fingerprint density at radius 2 is 1.76 bits per heavy atom. The van der Waals surface area contributed by atoms with Gasteiger partial charge in [-0.1, -0.05) is 49.0 Å². The van der Waals surface area contributed by atoms with Crippen molar-refractivity contribution in [3.63, 3.8) is 0 Å². The highest BCUT2D eigenvalue weighted by Gasteiger charge is 2.30. The number of aromatic nitrogens is 2. The molecule has 3 nitrogen and oxygen atoms in total. The number of nitrogens with zero attached hydrogens (tertiary/aromatic N) is 2. The standard InChI is InChI=1S/C22H21F3N2OS/c1-4-18-12-20(28-19-10-5-7-14(2)15(19)3)27-21(26-18)29-13-16-8-6-9-17(11-16)22(23,24)25/h5-12H,4,13H2,1-3H3. The van der Waals surface area contributed by atoms with Gasteiger partial charge in [-0.2, -0.15) is 18.2 Å². The number of rotatable bonds is 6. The zero-order chi connectivity index (χ0) is 21.0. The second-order valence-corrected chi connectivity index (χ2v) is 7.56. The van der Waals surface area contributed by atoms with Crippen molar-refractivity contribution in [2.45, 2.75) is 44.3 Å². The third-order valence-corrected chi connectivity index (χ3v) is 5.41. The zero-order valence-electron chi connectivity index (χ0n) is 16.4. The van der Waals surface area contributed by atoms with E-state index in [1.807, 2.05) is 39.0 Å². The highest BCUT2D eigenvalue weighted by molar-refractivity contribution is 7.98. The van der Waals surface area contributed by atoms with Crippen LogP contribution in [-0.2, 0) is 18.3 Å². The largest absolute Gasteiger partial charge is 0.439 e. The van der Waals surface area contributed by atoms with Crippen LogP contribution >= 0.6 is 11.8 Å². The zero-order valence-corrected chi connectivity index (χ0v) is 17.2. The van der Waals surface area contributed by atoms with Gasteiger partial charge in [0.2, 0.25) is 5.88 Å². The highest BCUT2D eigenvalue weighted by Crippen LogP contribution is 2.32. The molecule has 0 amide bonds. The van der Waals surface area contributed by atoms with E-state index in [1.54, 1.807) is 12.1 Å². The van der Waals surface area contributed by atoms with Gasteiger partial charge in [-0.3, -0.25) is 0 Å². The monoisotopic (exact) mass is 418 g/mol. The lowest BCUT2D eigenvalue weighted by Gasteiger charge is -2.12. The summed E-state index contributed by atoms with van der Waals surface area (Å²) < 4.78 is 44.7. The van der Waals surface area contributed by atoms with E-state index in [4.69, 9.17) is 4.74 Å². The first-order valence-corrected chi connectivity index (χ1v) is 10.2. The van der Waals surface area contributed by atoms with E-state index >= 15 is 0 Å². The van der Waals surface area contributed by atoms with Gasteiger partial charge in [0, 0.05) is 17.5 Å². The summed E-state index contributed by atoms with van der Waals surface area (Å²) in [6.45, 7) is 5.97. The number of hydrogen-bond donors (Lipinski definition) is 0. The van der Waals surface area contributed by atoms with E-state index in [1.165, 1.54) is 17.8 Å². The molecular weight excluding hydrogens is 397 g/mol. The molecule has 29 heavy (non-hydrogen) atoms. The first-order chi connectivity index (χ1) is 13.8. The van der Waals surface area contributed by atoms with Crippen molar-refractivity contribution < 1.29 is 17.9 Å². The molecule has 0 fully saturated rings. The Labute approximate surface area is 172 Å². The number of alkyl halides is 3. The van der Waals surface area contributed by atoms with Gasteiger partial charge in [0.25, 0.3) is 0 Å². The molecule has 0 unspecified atom stereocenters. The summed E-state index contributed by atoms with van der Waals surface area (Å²) in [5.41, 5.74) is 2.87. The lowest BCUT2D eigenvalue weighted by molar-refractivity contribution is -0.137. The number of ether oxygens (including phenoxy) is 1. The van der Waals surface area contributed by atoms with Crippen LogP contribution in [-0.4, -0.2) is 9.97 Å². The fourth-order valence-corrected chi connectivity index (χ4v) is 3.49. The minimum atomic E-state index is -4.36. The van der Waals surface area contributed by atoms with Crippen molar-refractivity contribution in [3.8, 4) is 11.6 Å². The van der Waals surface area contributed by atoms with Gasteiger partial charge in [-0.15, -0.1) is 0 Å². The van der Waals surface area contributed by atoms with Gasteiger partial charge in [-0.05, 0) is 49.1 Å². The van der Waals surface area contributed by atoms with E-state index in [9.17, 15) is 13.2 Å². The van der Waals surface area contributed by atoms with Gasteiger partial charge < -0.3 is 4.74 Å². The summed E-state index contributed by atoms with van der Waals surface area (Å²) in [5, 5.41) is 0.474. The molecule has 0 saturated heterocycles. The molecule has 2 aromatic carbocycles. The lowest BCUT2D eigenvalue weighted by atomic mass is 10.1. The molecule has 7 heteroatoms. The fraction of sp³-hybridized carbons (Fsp3) is 0.273. The predicted octanol–water partition coefficient (Wildman–Crippen LogP) is 6.76. The van der Waals surface area contributed by atoms with E-state index in [0.29, 0.717) is 28.8 Å². The van der Waals surface area contributed by atoms with Crippen LogP contribution in [0.2, 0.25) is 0 Å². The average molecular weight is 418 g/mol. The van der Waals surface area contributed by atoms with Crippen LogP contribution in [0.4, 0.5) is 13.2 Å². The minimum Gasteiger partial charge on any atom is -0.439 e. The van der Waals surface area contributed by atoms with Crippen LogP contribution in [0.1, 0.15) is 34.9 Å². The summed E-state index contributed by atoms with van der Waals surface area (Å²) in [6, 6.07) is 12.9. The van der Waals surface area contributed by atoms with Gasteiger partial charge in [0.1, 0.15) is 5.75 Å². The average Bonchev–Trinajstić information content (AvgIpc) is 2.69. The molecule has 0 aliphatic heterocycles. The third kappa shape index (κ3) is 5.50. The molecule has 0 aliphatic carbocycles. The summed E-state index contributed by atoms with van der Waals surface area (Å²) in [6.07, 6.45) is -3.66. The first-order valence-electron chi connectivity index (χ1n) is 9.17. The highest BCUT2D eigenvalue weighted by atomic mass is 32.2. The smallest absolute Gasteiger partial charge is 0.416 e. The number of benzene rings is 2. The molecule has 0 saturated carbocycles. The Morgan fingerprint density at radius 3 is 2.48 bits per heavy atom. The molecule has 3 aromatic rings. The molecule has 0 N–H and O–H groups in total. The van der Waals surface area contributed by atoms with Crippen LogP contribution < -0.4 is 4.74 Å². The Kier molecular flexibility index (Phi) is 6.47. The SMILES string of the molecule is CCc1cc(Oc2cccc(C)c2C)nc(SCc2cccc(C(F)(F)F)c2)n1. The van der Waals surface area contributed by atoms with E-state index in [0.717, 1.165) is 34.7 Å². The number of halogens is 3. The van der Waals surface area contributed by atoms with E-state index in [2.05, 4.69) is 9.97 Å². The fourth-order valence-electron chi connectivity index (χ4n) is 2.68. The van der Waals surface area contributed by atoms with Gasteiger partial charge in [0.15, 0.2) is 5.16 Å². The van der Waals surface area contributed by atoms with E-state index < -0.39 is 11.7 Å². The normalized spacial score (nSPS) is 11.5. The van der Waals surface area contributed by atoms with Crippen LogP contribution in [0.25, 0.3) is 0 Å². The van der Waals surface area contributed by atoms with Crippen molar-refractivity contribution in [1.29, 1.82) is 0 Å². The van der Waals surface area contributed by atoms with Crippen LogP contribution in [0.15, 0.2) is 53.7 Å². The summed E-state index contributed by atoms with van der Waals surface area (Å²) in [7, 11) is 0. The molecule has 0 bridgehead atoms. The maximum absolute atomic E-state index is 12.9. The molecule has 0 spiro atoms. The Bertz CT molecular complexity index is 1010. The molecule has 152 valence electrons. The Balaban J connectivity index is 1.80. The molecule has 0 aliphatic rings.